The molecule has 0 aliphatic carbocycles. The van der Waals surface area contributed by atoms with Gasteiger partial charge in [0.1, 0.15) is 23.8 Å². The van der Waals surface area contributed by atoms with E-state index in [1.54, 1.807) is 26.0 Å². The first-order chi connectivity index (χ1) is 17.6. The molecule has 1 heterocycles. The molecular formula is C30H48O8. The summed E-state index contributed by atoms with van der Waals surface area (Å²) < 4.78 is 11.0. The first-order valence-electron chi connectivity index (χ1n) is 13.6. The maximum Gasteiger partial charge on any atom is 0.303 e. The van der Waals surface area contributed by atoms with E-state index in [1.807, 2.05) is 45.9 Å². The molecule has 8 atom stereocenters. The average Bonchev–Trinajstić information content (AvgIpc) is 3.57. The fourth-order valence-corrected chi connectivity index (χ4v) is 4.48. The van der Waals surface area contributed by atoms with Gasteiger partial charge in [0.15, 0.2) is 0 Å². The van der Waals surface area contributed by atoms with Gasteiger partial charge in [0.05, 0.1) is 23.9 Å². The average molecular weight is 537 g/mol. The largest absolute Gasteiger partial charge is 0.455 e. The molecule has 1 saturated heterocycles. The van der Waals surface area contributed by atoms with Crippen LogP contribution in [0.2, 0.25) is 0 Å². The third kappa shape index (κ3) is 12.6. The van der Waals surface area contributed by atoms with Crippen molar-refractivity contribution >= 4 is 18.0 Å². The van der Waals surface area contributed by atoms with E-state index in [4.69, 9.17) is 9.47 Å². The van der Waals surface area contributed by atoms with E-state index in [-0.39, 0.29) is 49.1 Å². The number of aldehydes is 1. The van der Waals surface area contributed by atoms with E-state index in [9.17, 15) is 29.7 Å². The predicted octanol–water partition coefficient (Wildman–Crippen LogP) is 4.01. The molecule has 0 spiro atoms. The first-order valence-corrected chi connectivity index (χ1v) is 13.6. The van der Waals surface area contributed by atoms with Gasteiger partial charge in [-0.3, -0.25) is 9.59 Å². The summed E-state index contributed by atoms with van der Waals surface area (Å²) in [6.45, 7) is 12.2. The molecule has 1 rings (SSSR count). The smallest absolute Gasteiger partial charge is 0.303 e. The fraction of sp³-hybridized carbons (Fsp3) is 0.700. The second kappa shape index (κ2) is 15.5. The summed E-state index contributed by atoms with van der Waals surface area (Å²) in [6.07, 6.45) is 9.64. The Morgan fingerprint density at radius 2 is 1.79 bits per heavy atom. The zero-order chi connectivity index (χ0) is 29.1. The Kier molecular flexibility index (Phi) is 13.8. The number of allylic oxidation sites excluding steroid dienone is 4. The maximum absolute atomic E-state index is 11.9. The molecule has 0 saturated carbocycles. The topological polar surface area (TPSA) is 134 Å². The Morgan fingerprint density at radius 3 is 2.37 bits per heavy atom. The highest BCUT2D eigenvalue weighted by Gasteiger charge is 2.47. The highest BCUT2D eigenvalue weighted by molar-refractivity contribution is 5.81. The van der Waals surface area contributed by atoms with Crippen LogP contribution in [0, 0.1) is 11.8 Å². The van der Waals surface area contributed by atoms with Crippen molar-refractivity contribution in [1.82, 2.24) is 0 Å². The lowest BCUT2D eigenvalue weighted by Crippen LogP contribution is -2.41. The van der Waals surface area contributed by atoms with Crippen LogP contribution in [0.5, 0.6) is 0 Å². The molecule has 1 aliphatic rings. The van der Waals surface area contributed by atoms with Gasteiger partial charge in [0, 0.05) is 32.1 Å². The van der Waals surface area contributed by atoms with Crippen molar-refractivity contribution in [2.45, 2.75) is 123 Å². The molecule has 1 aliphatic heterocycles. The number of ketones is 1. The molecule has 216 valence electrons. The SMILES string of the molecule is CCC(=O)C(C)C1OC1CC(C)(O)/C=C/C=C(\C)CC(C)/C=C/C(OC(C)=O)C(C)(O)CCC(O)CC=O. The third-order valence-corrected chi connectivity index (χ3v) is 6.94. The van der Waals surface area contributed by atoms with Gasteiger partial charge in [-0.15, -0.1) is 0 Å². The highest BCUT2D eigenvalue weighted by Crippen LogP contribution is 2.36. The Hall–Kier alpha value is -2.13. The molecule has 0 radical (unpaired) electrons. The zero-order valence-corrected chi connectivity index (χ0v) is 24.1. The molecule has 0 aromatic heterocycles. The van der Waals surface area contributed by atoms with Crippen molar-refractivity contribution < 1.29 is 39.2 Å². The second-order valence-corrected chi connectivity index (χ2v) is 11.2. The number of aliphatic hydroxyl groups is 3. The number of hydrogen-bond donors (Lipinski definition) is 3. The van der Waals surface area contributed by atoms with Crippen molar-refractivity contribution in [2.75, 3.05) is 0 Å². The summed E-state index contributed by atoms with van der Waals surface area (Å²) in [5, 5.41) is 31.4. The number of hydrogen-bond acceptors (Lipinski definition) is 8. The van der Waals surface area contributed by atoms with Crippen molar-refractivity contribution in [3.8, 4) is 0 Å². The molecule has 8 unspecified atom stereocenters. The third-order valence-electron chi connectivity index (χ3n) is 6.94. The van der Waals surface area contributed by atoms with Crippen LogP contribution in [0.1, 0.15) is 87.0 Å². The molecule has 38 heavy (non-hydrogen) atoms. The Bertz CT molecular complexity index is 869. The lowest BCUT2D eigenvalue weighted by atomic mass is 9.90. The van der Waals surface area contributed by atoms with E-state index in [0.717, 1.165) is 5.57 Å². The molecule has 3 N–H and O–H groups in total. The van der Waals surface area contributed by atoms with Gasteiger partial charge in [-0.05, 0) is 52.0 Å². The molecule has 8 nitrogen and oxygen atoms in total. The van der Waals surface area contributed by atoms with Gasteiger partial charge in [-0.25, -0.2) is 0 Å². The minimum atomic E-state index is -1.41. The molecule has 8 heteroatoms. The minimum absolute atomic E-state index is 0.00920. The first kappa shape index (κ1) is 33.9. The normalized spacial score (nSPS) is 24.3. The second-order valence-electron chi connectivity index (χ2n) is 11.2. The van der Waals surface area contributed by atoms with Gasteiger partial charge in [0.25, 0.3) is 0 Å². The van der Waals surface area contributed by atoms with Crippen LogP contribution in [0.3, 0.4) is 0 Å². The molecule has 0 bridgehead atoms. The van der Waals surface area contributed by atoms with E-state index < -0.39 is 29.4 Å². The van der Waals surface area contributed by atoms with Crippen molar-refractivity contribution in [1.29, 1.82) is 0 Å². The van der Waals surface area contributed by atoms with Crippen LogP contribution in [0.4, 0.5) is 0 Å². The number of Topliss-reactive ketones (excluding diaryl/α,β-unsaturated/α-hetero) is 1. The summed E-state index contributed by atoms with van der Waals surface area (Å²) >= 11 is 0. The van der Waals surface area contributed by atoms with E-state index in [0.29, 0.717) is 25.5 Å². The predicted molar refractivity (Wildman–Crippen MR) is 146 cm³/mol. The standard InChI is InChI=1S/C30H48O8/c1-8-25(34)22(4)28-26(38-28)19-29(6,35)15-9-10-20(2)18-21(3)11-12-27(37-23(5)32)30(7,36)16-13-24(33)14-17-31/h9-12,15,17,21-22,24,26-28,33,35-36H,8,13-14,16,18-19H2,1-7H3/b12-11+,15-9+,20-10+. The van der Waals surface area contributed by atoms with Crippen LogP contribution >= 0.6 is 0 Å². The molecular weight excluding hydrogens is 488 g/mol. The van der Waals surface area contributed by atoms with Crippen LogP contribution in [-0.4, -0.2) is 69.0 Å². The van der Waals surface area contributed by atoms with Crippen LogP contribution in [0.25, 0.3) is 0 Å². The summed E-state index contributed by atoms with van der Waals surface area (Å²) in [4.78, 5) is 34.0. The van der Waals surface area contributed by atoms with Crippen LogP contribution in [-0.2, 0) is 23.9 Å². The van der Waals surface area contributed by atoms with Crippen molar-refractivity contribution in [3.05, 3.63) is 36.0 Å². The van der Waals surface area contributed by atoms with Crippen LogP contribution in [0.15, 0.2) is 36.0 Å². The maximum atomic E-state index is 11.9. The summed E-state index contributed by atoms with van der Waals surface area (Å²) in [6, 6.07) is 0. The fourth-order valence-electron chi connectivity index (χ4n) is 4.48. The molecule has 0 aromatic carbocycles. The number of carbonyl (C=O) groups is 3. The minimum Gasteiger partial charge on any atom is -0.455 e. The number of epoxide rings is 1. The van der Waals surface area contributed by atoms with Gasteiger partial charge < -0.3 is 29.6 Å². The van der Waals surface area contributed by atoms with Gasteiger partial charge in [-0.1, -0.05) is 50.6 Å². The monoisotopic (exact) mass is 536 g/mol. The van der Waals surface area contributed by atoms with Crippen LogP contribution < -0.4 is 0 Å². The van der Waals surface area contributed by atoms with E-state index in [1.165, 1.54) is 6.92 Å². The summed E-state index contributed by atoms with van der Waals surface area (Å²) in [5.74, 6) is -0.429. The highest BCUT2D eigenvalue weighted by atomic mass is 16.6. The lowest BCUT2D eigenvalue weighted by Gasteiger charge is -2.31. The number of rotatable bonds is 18. The zero-order valence-electron chi connectivity index (χ0n) is 24.1. The van der Waals surface area contributed by atoms with Gasteiger partial charge >= 0.3 is 5.97 Å². The Labute approximate surface area is 227 Å². The summed E-state index contributed by atoms with van der Waals surface area (Å²) in [5.41, 5.74) is -1.39. The number of ether oxygens (including phenoxy) is 2. The number of aliphatic hydroxyl groups excluding tert-OH is 1. The lowest BCUT2D eigenvalue weighted by molar-refractivity contribution is -0.156. The molecule has 1 fully saturated rings. The Morgan fingerprint density at radius 1 is 1.13 bits per heavy atom. The molecule has 0 amide bonds. The number of carbonyl (C=O) groups excluding carboxylic acids is 3. The summed E-state index contributed by atoms with van der Waals surface area (Å²) in [7, 11) is 0. The van der Waals surface area contributed by atoms with Crippen molar-refractivity contribution in [2.24, 2.45) is 11.8 Å². The van der Waals surface area contributed by atoms with Gasteiger partial charge in [-0.2, -0.15) is 0 Å². The van der Waals surface area contributed by atoms with E-state index >= 15 is 0 Å². The Balaban J connectivity index is 2.68. The van der Waals surface area contributed by atoms with E-state index in [2.05, 4.69) is 0 Å². The van der Waals surface area contributed by atoms with Gasteiger partial charge in [0.2, 0.25) is 0 Å². The van der Waals surface area contributed by atoms with Crippen molar-refractivity contribution in [3.63, 3.8) is 0 Å². The number of esters is 1. The molecule has 0 aromatic rings. The quantitative estimate of drug-likeness (QED) is 0.0787.